The summed E-state index contributed by atoms with van der Waals surface area (Å²) < 4.78 is 29.9. The summed E-state index contributed by atoms with van der Waals surface area (Å²) in [6.45, 7) is 4.68. The Morgan fingerprint density at radius 3 is 2.11 bits per heavy atom. The predicted octanol–water partition coefficient (Wildman–Crippen LogP) is 2.29. The lowest BCUT2D eigenvalue weighted by atomic mass is 10.1. The van der Waals surface area contributed by atoms with E-state index in [0.717, 1.165) is 0 Å². The minimum absolute atomic E-state index is 0.132. The molecule has 1 atom stereocenters. The summed E-state index contributed by atoms with van der Waals surface area (Å²) in [5.41, 5.74) is 1.31. The van der Waals surface area contributed by atoms with Crippen LogP contribution < -0.4 is 4.74 Å². The molecule has 1 rings (SSSR count). The van der Waals surface area contributed by atoms with Crippen LogP contribution in [0.1, 0.15) is 24.5 Å². The molecule has 0 fully saturated rings. The molecule has 0 N–H and O–H groups in total. The normalized spacial score (nSPS) is 13.4. The van der Waals surface area contributed by atoms with E-state index in [1.54, 1.807) is 40.0 Å². The number of methoxy groups -OCH3 is 1. The van der Waals surface area contributed by atoms with E-state index in [9.17, 15) is 13.5 Å². The van der Waals surface area contributed by atoms with Crippen LogP contribution in [-0.4, -0.2) is 27.4 Å². The topological polar surface area (TPSA) is 63.3 Å². The van der Waals surface area contributed by atoms with Gasteiger partial charge in [-0.1, -0.05) is 0 Å². The average Bonchev–Trinajstić information content (AvgIpc) is 2.27. The third kappa shape index (κ3) is 2.84. The number of benzene rings is 1. The summed E-state index contributed by atoms with van der Waals surface area (Å²) in [7, 11) is -1.90. The average molecular weight is 271 g/mol. The number of aryl methyl sites for hydroxylation is 2. The maximum atomic E-state index is 12.4. The lowest BCUT2D eigenvalue weighted by molar-refractivity contribution is 0.188. The van der Waals surface area contributed by atoms with E-state index in [2.05, 4.69) is 0 Å². The van der Waals surface area contributed by atoms with Crippen LogP contribution in [0.5, 0.6) is 5.75 Å². The third-order valence-corrected chi connectivity index (χ3v) is 5.52. The van der Waals surface area contributed by atoms with Gasteiger partial charge in [-0.3, -0.25) is 0 Å². The molecule has 0 aliphatic rings. The van der Waals surface area contributed by atoms with Crippen LogP contribution in [0.25, 0.3) is 0 Å². The van der Waals surface area contributed by atoms with Gasteiger partial charge in [0.2, 0.25) is 0 Å². The Balaban J connectivity index is 3.33. The van der Waals surface area contributed by atoms with E-state index >= 15 is 0 Å². The van der Waals surface area contributed by atoms with Gasteiger partial charge in [0, 0.05) is 0 Å². The van der Waals surface area contributed by atoms with Crippen LogP contribution in [0, 0.1) is 13.8 Å². The molecule has 1 aromatic carbocycles. The van der Waals surface area contributed by atoms with E-state index in [1.165, 1.54) is 0 Å². The van der Waals surface area contributed by atoms with Crippen molar-refractivity contribution in [3.63, 3.8) is 0 Å². The second-order valence-corrected chi connectivity index (χ2v) is 6.74. The molecule has 0 saturated heterocycles. The smallest absolute Gasteiger partial charge is 0.181 e. The van der Waals surface area contributed by atoms with Crippen LogP contribution >= 0.6 is 0 Å². The van der Waals surface area contributed by atoms with Crippen molar-refractivity contribution in [2.24, 2.45) is 0 Å². The first-order valence-corrected chi connectivity index (χ1v) is 7.36. The maximum absolute atomic E-state index is 12.4. The van der Waals surface area contributed by atoms with Crippen molar-refractivity contribution in [3.8, 4) is 5.75 Å². The van der Waals surface area contributed by atoms with Gasteiger partial charge in [-0.25, -0.2) is 13.5 Å². The van der Waals surface area contributed by atoms with Crippen molar-refractivity contribution in [1.82, 2.24) is 0 Å². The van der Waals surface area contributed by atoms with Gasteiger partial charge in [0.25, 0.3) is 0 Å². The van der Waals surface area contributed by atoms with Crippen LogP contribution in [0.4, 0.5) is 0 Å². The fourth-order valence-corrected chi connectivity index (χ4v) is 3.82. The molecule has 1 radical (unpaired) electrons. The van der Waals surface area contributed by atoms with Gasteiger partial charge in [0.05, 0.1) is 23.9 Å². The molecule has 18 heavy (non-hydrogen) atoms. The molecule has 0 aliphatic carbocycles. The Morgan fingerprint density at radius 2 is 1.72 bits per heavy atom. The van der Waals surface area contributed by atoms with Gasteiger partial charge in [-0.15, -0.1) is 0 Å². The van der Waals surface area contributed by atoms with Gasteiger partial charge in [0.15, 0.2) is 9.84 Å². The summed E-state index contributed by atoms with van der Waals surface area (Å²) >= 11 is 0. The molecule has 0 saturated carbocycles. The molecule has 0 amide bonds. The summed E-state index contributed by atoms with van der Waals surface area (Å²) in [5, 5.41) is 9.95. The molecule has 0 heterocycles. The highest BCUT2D eigenvalue weighted by molar-refractivity contribution is 7.92. The Labute approximate surface area is 109 Å². The second-order valence-electron chi connectivity index (χ2n) is 4.44. The number of sulfone groups is 1. The lowest BCUT2D eigenvalue weighted by Gasteiger charge is -2.16. The molecule has 0 bridgehead atoms. The molecule has 0 spiro atoms. The van der Waals surface area contributed by atoms with E-state index < -0.39 is 15.1 Å². The highest BCUT2D eigenvalue weighted by Gasteiger charge is 2.26. The standard InChI is InChI=1S/C13H19O4S/c1-9-7-12(17-4)8-10(2)13(9)18(15,16)11(3)5-6-14/h7-8,11H,5-6H2,1-4H3. The molecular formula is C13H19O4S. The zero-order valence-corrected chi connectivity index (χ0v) is 12.0. The first kappa shape index (κ1) is 15.0. The fourth-order valence-electron chi connectivity index (χ4n) is 2.00. The Hall–Kier alpha value is -1.07. The second kappa shape index (κ2) is 5.71. The van der Waals surface area contributed by atoms with Gasteiger partial charge in [0.1, 0.15) is 5.75 Å². The minimum atomic E-state index is -3.44. The summed E-state index contributed by atoms with van der Waals surface area (Å²) in [6, 6.07) is 3.40. The van der Waals surface area contributed by atoms with Crippen molar-refractivity contribution in [3.05, 3.63) is 23.3 Å². The van der Waals surface area contributed by atoms with Crippen LogP contribution in [-0.2, 0) is 14.9 Å². The Bertz CT molecular complexity index is 497. The monoisotopic (exact) mass is 271 g/mol. The SMILES string of the molecule is COc1cc(C)c(S(=O)(=O)C(C)CC[O])c(C)c1. The van der Waals surface area contributed by atoms with Crippen molar-refractivity contribution in [2.45, 2.75) is 37.3 Å². The molecular weight excluding hydrogens is 252 g/mol. The summed E-state index contributed by atoms with van der Waals surface area (Å²) in [6.07, 6.45) is 0.132. The first-order valence-electron chi connectivity index (χ1n) is 5.81. The highest BCUT2D eigenvalue weighted by atomic mass is 32.2. The Morgan fingerprint density at radius 1 is 1.22 bits per heavy atom. The van der Waals surface area contributed by atoms with Crippen molar-refractivity contribution < 1.29 is 18.3 Å². The van der Waals surface area contributed by atoms with Crippen LogP contribution in [0.15, 0.2) is 17.0 Å². The molecule has 4 nitrogen and oxygen atoms in total. The van der Waals surface area contributed by atoms with E-state index in [4.69, 9.17) is 4.74 Å². The first-order chi connectivity index (χ1) is 8.34. The van der Waals surface area contributed by atoms with Crippen molar-refractivity contribution in [1.29, 1.82) is 0 Å². The zero-order valence-electron chi connectivity index (χ0n) is 11.2. The number of hydrogen-bond donors (Lipinski definition) is 0. The highest BCUT2D eigenvalue weighted by Crippen LogP contribution is 2.29. The molecule has 0 aromatic heterocycles. The van der Waals surface area contributed by atoms with Crippen LogP contribution in [0.2, 0.25) is 0 Å². The van der Waals surface area contributed by atoms with Crippen molar-refractivity contribution >= 4 is 9.84 Å². The molecule has 0 aliphatic heterocycles. The molecule has 5 heteroatoms. The zero-order chi connectivity index (χ0) is 13.9. The van der Waals surface area contributed by atoms with Gasteiger partial charge < -0.3 is 4.74 Å². The number of ether oxygens (including phenoxy) is 1. The molecule has 101 valence electrons. The lowest BCUT2D eigenvalue weighted by Crippen LogP contribution is -2.21. The molecule has 1 aromatic rings. The number of rotatable bonds is 5. The molecule has 1 unspecified atom stereocenters. The number of hydrogen-bond acceptors (Lipinski definition) is 3. The fraction of sp³-hybridized carbons (Fsp3) is 0.538. The van der Waals surface area contributed by atoms with E-state index in [1.807, 2.05) is 0 Å². The minimum Gasteiger partial charge on any atom is -0.497 e. The van der Waals surface area contributed by atoms with Gasteiger partial charge in [-0.05, 0) is 50.5 Å². The van der Waals surface area contributed by atoms with E-state index in [-0.39, 0.29) is 13.0 Å². The quantitative estimate of drug-likeness (QED) is 0.825. The van der Waals surface area contributed by atoms with E-state index in [0.29, 0.717) is 21.8 Å². The van der Waals surface area contributed by atoms with Crippen LogP contribution in [0.3, 0.4) is 0 Å². The Kier molecular flexibility index (Phi) is 4.76. The summed E-state index contributed by atoms with van der Waals surface area (Å²) in [5.74, 6) is 0.639. The van der Waals surface area contributed by atoms with Gasteiger partial charge in [-0.2, -0.15) is 0 Å². The van der Waals surface area contributed by atoms with Gasteiger partial charge >= 0.3 is 0 Å². The van der Waals surface area contributed by atoms with Crippen molar-refractivity contribution in [2.75, 3.05) is 13.7 Å². The predicted molar refractivity (Wildman–Crippen MR) is 69.3 cm³/mol. The summed E-state index contributed by atoms with van der Waals surface area (Å²) in [4.78, 5) is 0.323. The maximum Gasteiger partial charge on any atom is 0.181 e. The third-order valence-electron chi connectivity index (χ3n) is 3.01. The largest absolute Gasteiger partial charge is 0.497 e.